The number of rotatable bonds is 15. The third kappa shape index (κ3) is 7.85. The number of unbranched alkanes of at least 4 members (excludes halogenated alkanes) is 1. The summed E-state index contributed by atoms with van der Waals surface area (Å²) in [5, 5.41) is 6.79. The zero-order valence-electron chi connectivity index (χ0n) is 24.7. The first-order valence-corrected chi connectivity index (χ1v) is 14.9. The third-order valence-electron chi connectivity index (χ3n) is 8.44. The molecule has 1 heterocycles. The first-order valence-electron chi connectivity index (χ1n) is 14.9. The molecule has 1 unspecified atom stereocenters. The van der Waals surface area contributed by atoms with E-state index in [1.54, 1.807) is 14.2 Å². The fourth-order valence-electron chi connectivity index (χ4n) is 5.92. The largest absolute Gasteiger partial charge is 0.496 e. The van der Waals surface area contributed by atoms with Crippen molar-refractivity contribution < 1.29 is 19.1 Å². The van der Waals surface area contributed by atoms with E-state index in [1.807, 2.05) is 41.3 Å². The van der Waals surface area contributed by atoms with E-state index in [9.17, 15) is 9.59 Å². The van der Waals surface area contributed by atoms with Gasteiger partial charge in [0.2, 0.25) is 5.91 Å². The van der Waals surface area contributed by atoms with Crippen molar-refractivity contribution in [3.8, 4) is 5.75 Å². The molecule has 7 nitrogen and oxygen atoms in total. The van der Waals surface area contributed by atoms with Crippen LogP contribution in [-0.2, 0) is 16.0 Å². The van der Waals surface area contributed by atoms with Gasteiger partial charge in [0, 0.05) is 51.5 Å². The Bertz CT molecular complexity index is 1100. The fourth-order valence-corrected chi connectivity index (χ4v) is 5.92. The van der Waals surface area contributed by atoms with Crippen molar-refractivity contribution >= 4 is 11.8 Å². The predicted molar refractivity (Wildman–Crippen MR) is 159 cm³/mol. The molecule has 1 aliphatic carbocycles. The molecule has 0 radical (unpaired) electrons. The molecule has 4 rings (SSSR count). The summed E-state index contributed by atoms with van der Waals surface area (Å²) in [4.78, 5) is 29.1. The summed E-state index contributed by atoms with van der Waals surface area (Å²) in [6.45, 7) is 7.85. The van der Waals surface area contributed by atoms with Crippen LogP contribution in [-0.4, -0.2) is 69.8 Å². The molecule has 0 bridgehead atoms. The van der Waals surface area contributed by atoms with Gasteiger partial charge in [0.05, 0.1) is 13.0 Å². The molecule has 1 saturated carbocycles. The van der Waals surface area contributed by atoms with Crippen LogP contribution >= 0.6 is 0 Å². The first kappa shape index (κ1) is 30.1. The van der Waals surface area contributed by atoms with E-state index in [0.717, 1.165) is 68.7 Å². The van der Waals surface area contributed by atoms with E-state index < -0.39 is 0 Å². The van der Waals surface area contributed by atoms with Gasteiger partial charge >= 0.3 is 0 Å². The van der Waals surface area contributed by atoms with Gasteiger partial charge in [0.1, 0.15) is 5.75 Å². The highest BCUT2D eigenvalue weighted by Gasteiger charge is 2.38. The number of benzene rings is 2. The van der Waals surface area contributed by atoms with Crippen molar-refractivity contribution in [2.75, 3.05) is 47.0 Å². The van der Waals surface area contributed by atoms with Crippen LogP contribution in [0.4, 0.5) is 0 Å². The maximum absolute atomic E-state index is 13.8. The topological polar surface area (TPSA) is 79.9 Å². The van der Waals surface area contributed by atoms with Crippen molar-refractivity contribution in [2.24, 2.45) is 17.8 Å². The molecule has 2 N–H and O–H groups in total. The van der Waals surface area contributed by atoms with Gasteiger partial charge in [0.25, 0.3) is 5.91 Å². The van der Waals surface area contributed by atoms with Crippen LogP contribution in [0.3, 0.4) is 0 Å². The number of aryl methyl sites for hydroxylation is 1. The minimum atomic E-state index is -0.0680. The second-order valence-electron chi connectivity index (χ2n) is 11.7. The van der Waals surface area contributed by atoms with Gasteiger partial charge in [-0.2, -0.15) is 0 Å². The quantitative estimate of drug-likeness (QED) is 0.316. The highest BCUT2D eigenvalue weighted by atomic mass is 16.5. The third-order valence-corrected chi connectivity index (χ3v) is 8.44. The molecule has 1 aliphatic heterocycles. The van der Waals surface area contributed by atoms with Gasteiger partial charge in [0.15, 0.2) is 0 Å². The van der Waals surface area contributed by atoms with Crippen LogP contribution in [0.2, 0.25) is 0 Å². The Morgan fingerprint density at radius 2 is 1.77 bits per heavy atom. The average molecular weight is 550 g/mol. The van der Waals surface area contributed by atoms with Crippen LogP contribution in [0.1, 0.15) is 66.9 Å². The van der Waals surface area contributed by atoms with Crippen LogP contribution in [0.15, 0.2) is 48.5 Å². The first-order chi connectivity index (χ1) is 19.4. The Kier molecular flexibility index (Phi) is 11.0. The Hall–Kier alpha value is -2.90. The summed E-state index contributed by atoms with van der Waals surface area (Å²) in [5.74, 6) is 1.93. The predicted octanol–water partition coefficient (Wildman–Crippen LogP) is 4.66. The average Bonchev–Trinajstić information content (AvgIpc) is 3.69. The summed E-state index contributed by atoms with van der Waals surface area (Å²) in [5.41, 5.74) is 2.86. The summed E-state index contributed by atoms with van der Waals surface area (Å²) in [7, 11) is 3.39. The highest BCUT2D eigenvalue weighted by Crippen LogP contribution is 2.42. The Morgan fingerprint density at radius 1 is 1.02 bits per heavy atom. The number of carbonyl (C=O) groups excluding carboxylic acids is 2. The summed E-state index contributed by atoms with van der Waals surface area (Å²) in [6, 6.07) is 16.0. The Morgan fingerprint density at radius 3 is 2.45 bits per heavy atom. The maximum atomic E-state index is 13.8. The maximum Gasteiger partial charge on any atom is 0.254 e. The minimum absolute atomic E-state index is 0.0448. The molecule has 0 spiro atoms. The molecule has 1 saturated heterocycles. The van der Waals surface area contributed by atoms with E-state index >= 15 is 0 Å². The second-order valence-corrected chi connectivity index (χ2v) is 11.7. The Labute approximate surface area is 240 Å². The number of ether oxygens (including phenoxy) is 2. The van der Waals surface area contributed by atoms with E-state index in [-0.39, 0.29) is 35.6 Å². The monoisotopic (exact) mass is 549 g/mol. The lowest BCUT2D eigenvalue weighted by atomic mass is 9.91. The van der Waals surface area contributed by atoms with Crippen molar-refractivity contribution in [2.45, 2.75) is 57.9 Å². The van der Waals surface area contributed by atoms with Crippen LogP contribution < -0.4 is 15.4 Å². The van der Waals surface area contributed by atoms with Crippen molar-refractivity contribution in [3.63, 3.8) is 0 Å². The van der Waals surface area contributed by atoms with Gasteiger partial charge in [-0.25, -0.2) is 0 Å². The number of methoxy groups -OCH3 is 2. The lowest BCUT2D eigenvalue weighted by Crippen LogP contribution is -2.44. The van der Waals surface area contributed by atoms with Crippen LogP contribution in [0.25, 0.3) is 0 Å². The number of carbonyl (C=O) groups is 2. The molecule has 218 valence electrons. The molecule has 2 aromatic rings. The molecular weight excluding hydrogens is 502 g/mol. The molecule has 2 amide bonds. The number of hydrogen-bond donors (Lipinski definition) is 2. The SMILES string of the molecule is COCCCCc1cc(C(=O)N(C[C@@H]2CNC[C@@H]2CNC(=O)C(c2ccccc2)C2CC2)C(C)C)ccc1OC. The summed E-state index contributed by atoms with van der Waals surface area (Å²) < 4.78 is 10.8. The van der Waals surface area contributed by atoms with Crippen LogP contribution in [0, 0.1) is 17.8 Å². The summed E-state index contributed by atoms with van der Waals surface area (Å²) >= 11 is 0. The smallest absolute Gasteiger partial charge is 0.254 e. The lowest BCUT2D eigenvalue weighted by molar-refractivity contribution is -0.123. The standard InChI is InChI=1S/C33H47N3O4/c1-23(2)36(33(38)27-15-16-30(40-4)26(18-27)12-8-9-17-39-3)22-29-20-34-19-28(29)21-35-32(37)31(25-13-14-25)24-10-6-5-7-11-24/h5-7,10-11,15-16,18,23,25,28-29,31,34H,8-9,12-14,17,19-22H2,1-4H3,(H,35,37)/t28-,29+,31?/m1/s1. The molecule has 0 aromatic heterocycles. The number of nitrogens with one attached hydrogen (secondary N) is 2. The van der Waals surface area contributed by atoms with E-state index in [0.29, 0.717) is 24.6 Å². The molecule has 2 fully saturated rings. The van der Waals surface area contributed by atoms with Crippen molar-refractivity contribution in [1.29, 1.82) is 0 Å². The molecule has 7 heteroatoms. The fraction of sp³-hybridized carbons (Fsp3) is 0.576. The molecule has 2 aliphatic rings. The number of hydrogen-bond acceptors (Lipinski definition) is 5. The van der Waals surface area contributed by atoms with Gasteiger partial charge < -0.3 is 25.0 Å². The molecule has 40 heavy (non-hydrogen) atoms. The number of amides is 2. The normalized spacial score (nSPS) is 19.4. The lowest BCUT2D eigenvalue weighted by Gasteiger charge is -2.32. The van der Waals surface area contributed by atoms with Gasteiger partial charge in [-0.1, -0.05) is 30.3 Å². The van der Waals surface area contributed by atoms with E-state index in [2.05, 4.69) is 36.6 Å². The van der Waals surface area contributed by atoms with Crippen molar-refractivity contribution in [1.82, 2.24) is 15.5 Å². The van der Waals surface area contributed by atoms with E-state index in [1.165, 1.54) is 0 Å². The van der Waals surface area contributed by atoms with Crippen molar-refractivity contribution in [3.05, 3.63) is 65.2 Å². The van der Waals surface area contributed by atoms with Gasteiger partial charge in [-0.15, -0.1) is 0 Å². The molecule has 3 atom stereocenters. The van der Waals surface area contributed by atoms with Gasteiger partial charge in [-0.05, 0) is 93.0 Å². The Balaban J connectivity index is 1.39. The molecular formula is C33H47N3O4. The second kappa shape index (κ2) is 14.6. The van der Waals surface area contributed by atoms with Crippen LogP contribution in [0.5, 0.6) is 5.75 Å². The zero-order valence-corrected chi connectivity index (χ0v) is 24.7. The number of nitrogens with zero attached hydrogens (tertiary/aromatic N) is 1. The molecule has 2 aromatic carbocycles. The highest BCUT2D eigenvalue weighted by molar-refractivity contribution is 5.95. The zero-order chi connectivity index (χ0) is 28.5. The van der Waals surface area contributed by atoms with E-state index in [4.69, 9.17) is 9.47 Å². The summed E-state index contributed by atoms with van der Waals surface area (Å²) in [6.07, 6.45) is 5.02. The minimum Gasteiger partial charge on any atom is -0.496 e. The van der Waals surface area contributed by atoms with Gasteiger partial charge in [-0.3, -0.25) is 9.59 Å².